The molecule has 4 rings (SSSR count). The van der Waals surface area contributed by atoms with Gasteiger partial charge < -0.3 is 14.1 Å². The third-order valence-corrected chi connectivity index (χ3v) is 5.13. The zero-order valence-electron chi connectivity index (χ0n) is 17.4. The van der Waals surface area contributed by atoms with Crippen molar-refractivity contribution in [3.05, 3.63) is 88.7 Å². The number of amides is 1. The Kier molecular flexibility index (Phi) is 5.84. The first-order chi connectivity index (χ1) is 15.1. The first kappa shape index (κ1) is 20.4. The molecule has 2 aromatic carbocycles. The van der Waals surface area contributed by atoms with Gasteiger partial charge in [0, 0.05) is 25.6 Å². The van der Waals surface area contributed by atoms with E-state index in [1.165, 1.54) is 0 Å². The van der Waals surface area contributed by atoms with Crippen molar-refractivity contribution < 1.29 is 13.9 Å². The number of hydrogen-bond acceptors (Lipinski definition) is 5. The number of carbonyl (C=O) groups excluding carboxylic acids is 1. The summed E-state index contributed by atoms with van der Waals surface area (Å²) in [5.74, 6) is 1.34. The predicted octanol–water partition coefficient (Wildman–Crippen LogP) is 3.58. The van der Waals surface area contributed by atoms with Crippen LogP contribution < -0.4 is 10.3 Å². The van der Waals surface area contributed by atoms with E-state index in [4.69, 9.17) is 9.15 Å². The Morgan fingerprint density at radius 1 is 1.10 bits per heavy atom. The average molecular weight is 417 g/mol. The lowest BCUT2D eigenvalue weighted by Gasteiger charge is -2.16. The van der Waals surface area contributed by atoms with E-state index in [0.717, 1.165) is 0 Å². The molecule has 7 nitrogen and oxygen atoms in total. The van der Waals surface area contributed by atoms with Gasteiger partial charge in [0.1, 0.15) is 17.2 Å². The van der Waals surface area contributed by atoms with Gasteiger partial charge in [0.15, 0.2) is 0 Å². The summed E-state index contributed by atoms with van der Waals surface area (Å²) < 4.78 is 12.2. The van der Waals surface area contributed by atoms with E-state index < -0.39 is 0 Å². The quantitative estimate of drug-likeness (QED) is 0.459. The van der Waals surface area contributed by atoms with Crippen LogP contribution in [0, 0.1) is 0 Å². The van der Waals surface area contributed by atoms with Crippen LogP contribution in [0.5, 0.6) is 5.75 Å². The number of fused-ring (bicyclic) bond motifs is 1. The minimum Gasteiger partial charge on any atom is -0.497 e. The van der Waals surface area contributed by atoms with Crippen LogP contribution in [0.15, 0.2) is 76.1 Å². The third-order valence-electron chi connectivity index (χ3n) is 5.13. The molecule has 4 aromatic rings. The SMILES string of the molecule is COc1ccc(-n2c(=O)c(CCC(=O)N(C)Cc3ccco3)nc3ccccc32)cc1. The average Bonchev–Trinajstić information content (AvgIpc) is 3.30. The van der Waals surface area contributed by atoms with E-state index in [2.05, 4.69) is 4.98 Å². The molecule has 158 valence electrons. The second kappa shape index (κ2) is 8.87. The molecule has 0 atom stereocenters. The van der Waals surface area contributed by atoms with Crippen molar-refractivity contribution in [2.75, 3.05) is 14.2 Å². The van der Waals surface area contributed by atoms with Crippen LogP contribution in [0.2, 0.25) is 0 Å². The van der Waals surface area contributed by atoms with Crippen LogP contribution in [0.25, 0.3) is 16.7 Å². The van der Waals surface area contributed by atoms with E-state index in [1.54, 1.807) is 36.0 Å². The van der Waals surface area contributed by atoms with Crippen molar-refractivity contribution in [1.82, 2.24) is 14.5 Å². The molecular formula is C24H23N3O4. The summed E-state index contributed by atoms with van der Waals surface area (Å²) in [6.07, 6.45) is 2.01. The number of ether oxygens (including phenoxy) is 1. The first-order valence-electron chi connectivity index (χ1n) is 9.98. The van der Waals surface area contributed by atoms with E-state index in [0.29, 0.717) is 40.5 Å². The second-order valence-corrected chi connectivity index (χ2v) is 7.21. The topological polar surface area (TPSA) is 77.6 Å². The van der Waals surface area contributed by atoms with Gasteiger partial charge in [0.2, 0.25) is 5.91 Å². The largest absolute Gasteiger partial charge is 0.497 e. The molecule has 0 aliphatic carbocycles. The number of methoxy groups -OCH3 is 1. The molecular weight excluding hydrogens is 394 g/mol. The smallest absolute Gasteiger partial charge is 0.277 e. The van der Waals surface area contributed by atoms with Crippen molar-refractivity contribution in [2.24, 2.45) is 0 Å². The molecule has 1 amide bonds. The Bertz CT molecular complexity index is 1240. The maximum absolute atomic E-state index is 13.3. The Hall–Kier alpha value is -3.87. The van der Waals surface area contributed by atoms with Crippen LogP contribution in [-0.4, -0.2) is 34.5 Å². The highest BCUT2D eigenvalue weighted by atomic mass is 16.5. The van der Waals surface area contributed by atoms with Gasteiger partial charge in [0.05, 0.1) is 31.0 Å². The van der Waals surface area contributed by atoms with Gasteiger partial charge in [-0.15, -0.1) is 0 Å². The minimum absolute atomic E-state index is 0.0817. The van der Waals surface area contributed by atoms with Crippen molar-refractivity contribution >= 4 is 16.9 Å². The summed E-state index contributed by atoms with van der Waals surface area (Å²) in [4.78, 5) is 32.0. The molecule has 0 N–H and O–H groups in total. The first-order valence-corrected chi connectivity index (χ1v) is 9.98. The van der Waals surface area contributed by atoms with Gasteiger partial charge >= 0.3 is 0 Å². The summed E-state index contributed by atoms with van der Waals surface area (Å²) in [6, 6.07) is 18.4. The summed E-state index contributed by atoms with van der Waals surface area (Å²) in [6.45, 7) is 0.382. The van der Waals surface area contributed by atoms with Crippen LogP contribution in [0.3, 0.4) is 0 Å². The Balaban J connectivity index is 1.63. The molecule has 0 unspecified atom stereocenters. The molecule has 0 radical (unpaired) electrons. The normalized spacial score (nSPS) is 10.9. The molecule has 31 heavy (non-hydrogen) atoms. The standard InChI is InChI=1S/C24H23N3O4/c1-26(16-19-6-5-15-31-19)23(28)14-13-21-24(29)27(17-9-11-18(30-2)12-10-17)22-8-4-3-7-20(22)25-21/h3-12,15H,13-14,16H2,1-2H3. The van der Waals surface area contributed by atoms with Crippen LogP contribution in [0.4, 0.5) is 0 Å². The Labute approximate surface area is 179 Å². The number of para-hydroxylation sites is 2. The summed E-state index contributed by atoms with van der Waals surface area (Å²) in [5.41, 5.74) is 2.25. The van der Waals surface area contributed by atoms with Crippen molar-refractivity contribution in [1.29, 1.82) is 0 Å². The summed E-state index contributed by atoms with van der Waals surface area (Å²) >= 11 is 0. The number of furan rings is 1. The number of benzene rings is 2. The highest BCUT2D eigenvalue weighted by molar-refractivity contribution is 5.78. The Morgan fingerprint density at radius 2 is 1.87 bits per heavy atom. The minimum atomic E-state index is -0.231. The fourth-order valence-corrected chi connectivity index (χ4v) is 3.47. The lowest BCUT2D eigenvalue weighted by atomic mass is 10.2. The van der Waals surface area contributed by atoms with Gasteiger partial charge in [0.25, 0.3) is 5.56 Å². The fourth-order valence-electron chi connectivity index (χ4n) is 3.47. The molecule has 0 saturated heterocycles. The fraction of sp³-hybridized carbons (Fsp3) is 0.208. The zero-order valence-corrected chi connectivity index (χ0v) is 17.4. The lowest BCUT2D eigenvalue weighted by Crippen LogP contribution is -2.29. The molecule has 0 fully saturated rings. The summed E-state index contributed by atoms with van der Waals surface area (Å²) in [5, 5.41) is 0. The van der Waals surface area contributed by atoms with Gasteiger partial charge in [-0.25, -0.2) is 4.98 Å². The van der Waals surface area contributed by atoms with E-state index in [-0.39, 0.29) is 24.3 Å². The van der Waals surface area contributed by atoms with Crippen molar-refractivity contribution in [2.45, 2.75) is 19.4 Å². The molecule has 0 spiro atoms. The number of hydrogen-bond donors (Lipinski definition) is 0. The van der Waals surface area contributed by atoms with E-state index in [1.807, 2.05) is 54.6 Å². The number of nitrogens with zero attached hydrogens (tertiary/aromatic N) is 3. The van der Waals surface area contributed by atoms with Gasteiger partial charge in [-0.05, 0) is 48.5 Å². The zero-order chi connectivity index (χ0) is 21.8. The Morgan fingerprint density at radius 3 is 2.58 bits per heavy atom. The van der Waals surface area contributed by atoms with E-state index >= 15 is 0 Å². The van der Waals surface area contributed by atoms with Crippen LogP contribution in [-0.2, 0) is 17.8 Å². The number of carbonyl (C=O) groups is 1. The maximum atomic E-state index is 13.3. The van der Waals surface area contributed by atoms with Gasteiger partial charge in [-0.3, -0.25) is 14.2 Å². The molecule has 2 heterocycles. The second-order valence-electron chi connectivity index (χ2n) is 7.21. The van der Waals surface area contributed by atoms with Gasteiger partial charge in [-0.1, -0.05) is 12.1 Å². The molecule has 7 heteroatoms. The van der Waals surface area contributed by atoms with Crippen LogP contribution in [0.1, 0.15) is 17.9 Å². The predicted molar refractivity (Wildman–Crippen MR) is 117 cm³/mol. The highest BCUT2D eigenvalue weighted by Crippen LogP contribution is 2.19. The molecule has 0 bridgehead atoms. The van der Waals surface area contributed by atoms with Crippen molar-refractivity contribution in [3.63, 3.8) is 0 Å². The van der Waals surface area contributed by atoms with E-state index in [9.17, 15) is 9.59 Å². The number of aromatic nitrogens is 2. The lowest BCUT2D eigenvalue weighted by molar-refractivity contribution is -0.130. The van der Waals surface area contributed by atoms with Crippen molar-refractivity contribution in [3.8, 4) is 11.4 Å². The molecule has 2 aromatic heterocycles. The number of aryl methyl sites for hydroxylation is 1. The summed E-state index contributed by atoms with van der Waals surface area (Å²) in [7, 11) is 3.31. The number of rotatable bonds is 7. The van der Waals surface area contributed by atoms with Crippen LogP contribution >= 0.6 is 0 Å². The van der Waals surface area contributed by atoms with Gasteiger partial charge in [-0.2, -0.15) is 0 Å². The maximum Gasteiger partial charge on any atom is 0.277 e. The molecule has 0 saturated carbocycles. The third kappa shape index (κ3) is 4.35. The molecule has 0 aliphatic heterocycles. The highest BCUT2D eigenvalue weighted by Gasteiger charge is 2.16. The molecule has 0 aliphatic rings. The monoisotopic (exact) mass is 417 g/mol.